The molecule has 2 N–H and O–H groups in total. The lowest BCUT2D eigenvalue weighted by molar-refractivity contribution is 0.000449. The Labute approximate surface area is 117 Å². The molecule has 0 atom stereocenters. The van der Waals surface area contributed by atoms with Crippen molar-refractivity contribution >= 4 is 17.6 Å². The molecule has 106 valence electrons. The van der Waals surface area contributed by atoms with Crippen molar-refractivity contribution in [1.82, 2.24) is 5.32 Å². The summed E-state index contributed by atoms with van der Waals surface area (Å²) in [7, 11) is 0. The van der Waals surface area contributed by atoms with Crippen LogP contribution in [-0.2, 0) is 4.74 Å². The molecule has 0 aliphatic carbocycles. The molecule has 6 heteroatoms. The fraction of sp³-hybridized carbons (Fsp3) is 0.429. The fourth-order valence-electron chi connectivity index (χ4n) is 2.21. The molecule has 1 aromatic rings. The molecule has 0 aromatic heterocycles. The van der Waals surface area contributed by atoms with Crippen molar-refractivity contribution in [2.45, 2.75) is 25.5 Å². The maximum absolute atomic E-state index is 12.4. The molecule has 0 bridgehead atoms. The second kappa shape index (κ2) is 4.49. The zero-order valence-corrected chi connectivity index (χ0v) is 11.5. The third kappa shape index (κ3) is 2.02. The molecule has 6 nitrogen and oxygen atoms in total. The summed E-state index contributed by atoms with van der Waals surface area (Å²) in [5.74, 6) is 0.724. The van der Waals surface area contributed by atoms with Gasteiger partial charge in [0.25, 0.3) is 0 Å². The van der Waals surface area contributed by atoms with Crippen LogP contribution in [0, 0.1) is 5.41 Å². The van der Waals surface area contributed by atoms with Crippen LogP contribution in [-0.4, -0.2) is 36.7 Å². The SMILES string of the molecule is CC1(C)Oc2ccccc2N(C(=O)NC2COC2)C1=N. The van der Waals surface area contributed by atoms with Crippen molar-refractivity contribution < 1.29 is 14.3 Å². The number of amidine groups is 1. The van der Waals surface area contributed by atoms with Crippen molar-refractivity contribution in [2.75, 3.05) is 18.1 Å². The molecule has 0 radical (unpaired) electrons. The number of ether oxygens (including phenoxy) is 2. The Kier molecular flexibility index (Phi) is 2.90. The van der Waals surface area contributed by atoms with Crippen molar-refractivity contribution in [3.63, 3.8) is 0 Å². The normalized spacial score (nSPS) is 20.7. The summed E-state index contributed by atoms with van der Waals surface area (Å²) >= 11 is 0. The number of amides is 2. The Morgan fingerprint density at radius 3 is 2.75 bits per heavy atom. The van der Waals surface area contributed by atoms with E-state index in [9.17, 15) is 4.79 Å². The lowest BCUT2D eigenvalue weighted by atomic mass is 10.0. The average Bonchev–Trinajstić information content (AvgIpc) is 2.35. The topological polar surface area (TPSA) is 74.7 Å². The van der Waals surface area contributed by atoms with Crippen LogP contribution in [0.5, 0.6) is 5.75 Å². The minimum Gasteiger partial charge on any atom is -0.478 e. The first-order valence-electron chi connectivity index (χ1n) is 6.54. The van der Waals surface area contributed by atoms with Crippen molar-refractivity contribution in [2.24, 2.45) is 0 Å². The summed E-state index contributed by atoms with van der Waals surface area (Å²) in [4.78, 5) is 13.8. The largest absolute Gasteiger partial charge is 0.478 e. The van der Waals surface area contributed by atoms with E-state index in [0.29, 0.717) is 24.7 Å². The Balaban J connectivity index is 1.94. The third-order valence-corrected chi connectivity index (χ3v) is 3.43. The number of hydrogen-bond donors (Lipinski definition) is 2. The summed E-state index contributed by atoms with van der Waals surface area (Å²) in [6, 6.07) is 6.95. The highest BCUT2D eigenvalue weighted by molar-refractivity contribution is 6.20. The molecule has 1 aromatic carbocycles. The molecule has 0 unspecified atom stereocenters. The van der Waals surface area contributed by atoms with E-state index in [1.807, 2.05) is 12.1 Å². The van der Waals surface area contributed by atoms with Crippen molar-refractivity contribution in [3.05, 3.63) is 24.3 Å². The zero-order chi connectivity index (χ0) is 14.3. The molecule has 2 heterocycles. The average molecular weight is 275 g/mol. The fourth-order valence-corrected chi connectivity index (χ4v) is 2.21. The minimum absolute atomic E-state index is 0.0217. The maximum Gasteiger partial charge on any atom is 0.328 e. The van der Waals surface area contributed by atoms with Crippen LogP contribution in [0.1, 0.15) is 13.8 Å². The van der Waals surface area contributed by atoms with E-state index >= 15 is 0 Å². The predicted molar refractivity (Wildman–Crippen MR) is 74.5 cm³/mol. The number of hydrogen-bond acceptors (Lipinski definition) is 4. The maximum atomic E-state index is 12.4. The smallest absolute Gasteiger partial charge is 0.328 e. The number of nitrogens with zero attached hydrogens (tertiary/aromatic N) is 1. The van der Waals surface area contributed by atoms with Gasteiger partial charge in [0, 0.05) is 0 Å². The quantitative estimate of drug-likeness (QED) is 0.820. The van der Waals surface area contributed by atoms with E-state index in [1.165, 1.54) is 4.90 Å². The Morgan fingerprint density at radius 2 is 2.10 bits per heavy atom. The highest BCUT2D eigenvalue weighted by Crippen LogP contribution is 2.37. The molecule has 1 fully saturated rings. The monoisotopic (exact) mass is 275 g/mol. The second-order valence-electron chi connectivity index (χ2n) is 5.45. The van der Waals surface area contributed by atoms with Gasteiger partial charge in [0.2, 0.25) is 0 Å². The molecule has 20 heavy (non-hydrogen) atoms. The molecule has 2 amide bonds. The summed E-state index contributed by atoms with van der Waals surface area (Å²) < 4.78 is 10.8. The van der Waals surface area contributed by atoms with Gasteiger partial charge >= 0.3 is 6.03 Å². The summed E-state index contributed by atoms with van der Waals surface area (Å²) in [5.41, 5.74) is -0.253. The van der Waals surface area contributed by atoms with Crippen LogP contribution in [0.25, 0.3) is 0 Å². The number of carbonyl (C=O) groups excluding carboxylic acids is 1. The van der Waals surface area contributed by atoms with Gasteiger partial charge in [-0.1, -0.05) is 12.1 Å². The van der Waals surface area contributed by atoms with Crippen LogP contribution >= 0.6 is 0 Å². The highest BCUT2D eigenvalue weighted by Gasteiger charge is 2.41. The van der Waals surface area contributed by atoms with Crippen molar-refractivity contribution in [3.8, 4) is 5.75 Å². The van der Waals surface area contributed by atoms with Gasteiger partial charge in [-0.05, 0) is 26.0 Å². The summed E-state index contributed by atoms with van der Waals surface area (Å²) in [6.07, 6.45) is 0. The number of benzene rings is 1. The van der Waals surface area contributed by atoms with E-state index in [4.69, 9.17) is 14.9 Å². The number of fused-ring (bicyclic) bond motifs is 1. The molecule has 2 aliphatic rings. The molecule has 1 saturated heterocycles. The second-order valence-corrected chi connectivity index (χ2v) is 5.45. The first-order chi connectivity index (χ1) is 9.49. The van der Waals surface area contributed by atoms with E-state index < -0.39 is 5.60 Å². The molecule has 3 rings (SSSR count). The first-order valence-corrected chi connectivity index (χ1v) is 6.54. The standard InChI is InChI=1S/C14H17N3O3/c1-14(2)12(15)17(13(18)16-9-7-19-8-9)10-5-3-4-6-11(10)20-14/h3-6,9,15H,7-8H2,1-2H3,(H,16,18). The highest BCUT2D eigenvalue weighted by atomic mass is 16.5. The Bertz CT molecular complexity index is 567. The van der Waals surface area contributed by atoms with Gasteiger partial charge in [0.05, 0.1) is 24.9 Å². The Morgan fingerprint density at radius 1 is 1.40 bits per heavy atom. The summed E-state index contributed by atoms with van der Waals surface area (Å²) in [6.45, 7) is 4.60. The van der Waals surface area contributed by atoms with E-state index in [-0.39, 0.29) is 17.9 Å². The van der Waals surface area contributed by atoms with Crippen LogP contribution < -0.4 is 15.0 Å². The number of para-hydroxylation sites is 2. The van der Waals surface area contributed by atoms with E-state index in [0.717, 1.165) is 0 Å². The van der Waals surface area contributed by atoms with Crippen LogP contribution in [0.15, 0.2) is 24.3 Å². The van der Waals surface area contributed by atoms with Crippen LogP contribution in [0.3, 0.4) is 0 Å². The molecular weight excluding hydrogens is 258 g/mol. The van der Waals surface area contributed by atoms with E-state index in [1.54, 1.807) is 26.0 Å². The van der Waals surface area contributed by atoms with Gasteiger partial charge in [-0.25, -0.2) is 9.69 Å². The number of urea groups is 1. The third-order valence-electron chi connectivity index (χ3n) is 3.43. The zero-order valence-electron chi connectivity index (χ0n) is 11.5. The molecule has 0 saturated carbocycles. The van der Waals surface area contributed by atoms with Gasteiger partial charge < -0.3 is 14.8 Å². The van der Waals surface area contributed by atoms with Crippen LogP contribution in [0.4, 0.5) is 10.5 Å². The number of nitrogens with one attached hydrogen (secondary N) is 2. The van der Waals surface area contributed by atoms with Gasteiger partial charge in [0.1, 0.15) is 5.75 Å². The van der Waals surface area contributed by atoms with E-state index in [2.05, 4.69) is 5.32 Å². The summed E-state index contributed by atoms with van der Waals surface area (Å²) in [5, 5.41) is 11.1. The Hall–Kier alpha value is -2.08. The van der Waals surface area contributed by atoms with Gasteiger partial charge in [0.15, 0.2) is 11.4 Å². The van der Waals surface area contributed by atoms with Gasteiger partial charge in [-0.15, -0.1) is 0 Å². The first kappa shape index (κ1) is 12.9. The van der Waals surface area contributed by atoms with Gasteiger partial charge in [-0.2, -0.15) is 0 Å². The molecule has 0 spiro atoms. The molecule has 2 aliphatic heterocycles. The predicted octanol–water partition coefficient (Wildman–Crippen LogP) is 1.75. The lowest BCUT2D eigenvalue weighted by Crippen LogP contribution is -2.60. The lowest BCUT2D eigenvalue weighted by Gasteiger charge is -2.40. The minimum atomic E-state index is -0.845. The number of rotatable bonds is 1. The van der Waals surface area contributed by atoms with Crippen LogP contribution in [0.2, 0.25) is 0 Å². The number of carbonyl (C=O) groups is 1. The van der Waals surface area contributed by atoms with Gasteiger partial charge in [-0.3, -0.25) is 5.41 Å². The number of anilines is 1. The molecular formula is C14H17N3O3. The van der Waals surface area contributed by atoms with Crippen molar-refractivity contribution in [1.29, 1.82) is 5.41 Å².